The molecule has 0 radical (unpaired) electrons. The van der Waals surface area contributed by atoms with Gasteiger partial charge in [0.1, 0.15) is 5.70 Å². The van der Waals surface area contributed by atoms with Gasteiger partial charge in [-0.15, -0.1) is 18.3 Å². The van der Waals surface area contributed by atoms with Crippen LogP contribution in [-0.2, 0) is 26.0 Å². The second-order valence-electron chi connectivity index (χ2n) is 7.21. The van der Waals surface area contributed by atoms with Gasteiger partial charge in [-0.05, 0) is 31.0 Å². The number of carbonyl (C=O) groups is 2. The minimum Gasteiger partial charge on any atom is -0.477 e. The van der Waals surface area contributed by atoms with Crippen LogP contribution in [0, 0.1) is 5.92 Å². The third kappa shape index (κ3) is 4.31. The molecule has 0 aliphatic carbocycles. The molecular weight excluding hydrogens is 428 g/mol. The number of sulfonamides is 1. The Morgan fingerprint density at radius 1 is 1.40 bits per heavy atom. The Labute approximate surface area is 179 Å². The summed E-state index contributed by atoms with van der Waals surface area (Å²) in [4.78, 5) is 25.7. The van der Waals surface area contributed by atoms with E-state index in [-0.39, 0.29) is 29.1 Å². The highest BCUT2D eigenvalue weighted by molar-refractivity contribution is 8.03. The Balaban J connectivity index is 1.59. The van der Waals surface area contributed by atoms with E-state index in [4.69, 9.17) is 0 Å². The van der Waals surface area contributed by atoms with Crippen LogP contribution in [0.25, 0.3) is 0 Å². The number of nitrogens with zero attached hydrogens (tertiary/aromatic N) is 1. The summed E-state index contributed by atoms with van der Waals surface area (Å²) < 4.78 is 27.3. The maximum atomic E-state index is 12.4. The third-order valence-electron chi connectivity index (χ3n) is 5.17. The van der Waals surface area contributed by atoms with Crippen LogP contribution in [0.2, 0.25) is 0 Å². The molecule has 1 aromatic carbocycles. The predicted molar refractivity (Wildman–Crippen MR) is 113 cm³/mol. The number of thioether (sulfide) groups is 1. The molecule has 1 fully saturated rings. The van der Waals surface area contributed by atoms with Crippen molar-refractivity contribution >= 4 is 33.7 Å². The van der Waals surface area contributed by atoms with Gasteiger partial charge in [0, 0.05) is 23.6 Å². The summed E-state index contributed by atoms with van der Waals surface area (Å²) in [5.41, 5.74) is 0.899. The Morgan fingerprint density at radius 2 is 2.07 bits per heavy atom. The molecule has 8 nitrogen and oxygen atoms in total. The van der Waals surface area contributed by atoms with Gasteiger partial charge in [-0.3, -0.25) is 4.79 Å². The van der Waals surface area contributed by atoms with Crippen LogP contribution in [0.4, 0.5) is 0 Å². The molecule has 162 valence electrons. The number of β-lactam (4-membered cyclic amide) rings is 1. The lowest BCUT2D eigenvalue weighted by atomic mass is 9.83. The van der Waals surface area contributed by atoms with Crippen LogP contribution in [0.3, 0.4) is 0 Å². The lowest BCUT2D eigenvalue weighted by Gasteiger charge is -2.44. The van der Waals surface area contributed by atoms with Gasteiger partial charge in [-0.2, -0.15) is 0 Å². The van der Waals surface area contributed by atoms with Gasteiger partial charge in [0.2, 0.25) is 15.9 Å². The first kappa shape index (κ1) is 22.5. The van der Waals surface area contributed by atoms with E-state index in [2.05, 4.69) is 11.3 Å². The summed E-state index contributed by atoms with van der Waals surface area (Å²) in [7, 11) is -3.67. The average Bonchev–Trinajstić information content (AvgIpc) is 3.00. The van der Waals surface area contributed by atoms with Crippen molar-refractivity contribution < 1.29 is 28.2 Å². The number of carbonyl (C=O) groups excluding carboxylic acids is 1. The smallest absolute Gasteiger partial charge is 0.353 e. The van der Waals surface area contributed by atoms with Crippen molar-refractivity contribution in [3.63, 3.8) is 0 Å². The molecule has 10 heteroatoms. The number of aliphatic hydroxyl groups is 1. The molecule has 3 rings (SSSR count). The summed E-state index contributed by atoms with van der Waals surface area (Å²) in [5, 5.41) is 19.3. The first-order valence-corrected chi connectivity index (χ1v) is 11.9. The second-order valence-corrected chi connectivity index (χ2v) is 10.2. The van der Waals surface area contributed by atoms with E-state index < -0.39 is 28.0 Å². The number of rotatable bonds is 10. The van der Waals surface area contributed by atoms with Gasteiger partial charge in [0.05, 0.1) is 23.0 Å². The van der Waals surface area contributed by atoms with Gasteiger partial charge in [-0.1, -0.05) is 18.2 Å². The number of nitrogens with one attached hydrogen (secondary N) is 1. The summed E-state index contributed by atoms with van der Waals surface area (Å²) in [6.07, 6.45) is 1.90. The number of benzene rings is 1. The number of amides is 1. The Kier molecular flexibility index (Phi) is 6.71. The fraction of sp³-hybridized carbons (Fsp3) is 0.400. The summed E-state index contributed by atoms with van der Waals surface area (Å²) in [6.45, 7) is 5.27. The molecule has 0 spiro atoms. The van der Waals surface area contributed by atoms with E-state index >= 15 is 0 Å². The molecule has 2 aliphatic rings. The molecule has 1 saturated heterocycles. The van der Waals surface area contributed by atoms with Gasteiger partial charge in [0.25, 0.3) is 0 Å². The number of aliphatic carboxylic acids is 1. The maximum Gasteiger partial charge on any atom is 0.353 e. The van der Waals surface area contributed by atoms with Crippen LogP contribution >= 0.6 is 11.8 Å². The molecular formula is C20H24N2O6S2. The van der Waals surface area contributed by atoms with Crippen molar-refractivity contribution in [3.05, 3.63) is 53.1 Å². The molecule has 3 N–H and O–H groups in total. The van der Waals surface area contributed by atoms with Gasteiger partial charge < -0.3 is 15.1 Å². The monoisotopic (exact) mass is 452 g/mol. The standard InChI is InChI=1S/C20H24N2O6S2/c1-3-4-13-5-7-14(8-6-13)30(27,28)21-9-10-29-16-11-15-17(12(2)23)19(24)22(15)18(16)20(25)26/h3,5-8,12,15,17,21,23H,1,4,9-11H2,2H3,(H,25,26)/t12-,15-,17-/m1/s1. The van der Waals surface area contributed by atoms with Gasteiger partial charge >= 0.3 is 5.97 Å². The lowest BCUT2D eigenvalue weighted by molar-refractivity contribution is -0.161. The zero-order valence-corrected chi connectivity index (χ0v) is 18.1. The number of allylic oxidation sites excluding steroid dienone is 1. The zero-order chi connectivity index (χ0) is 22.1. The number of aliphatic hydroxyl groups excluding tert-OH is 1. The number of hydrogen-bond donors (Lipinski definition) is 3. The van der Waals surface area contributed by atoms with E-state index in [1.807, 2.05) is 0 Å². The predicted octanol–water partition coefficient (Wildman–Crippen LogP) is 1.33. The molecule has 30 heavy (non-hydrogen) atoms. The minimum atomic E-state index is -3.67. The van der Waals surface area contributed by atoms with Crippen molar-refractivity contribution in [1.82, 2.24) is 9.62 Å². The van der Waals surface area contributed by atoms with Crippen molar-refractivity contribution in [2.75, 3.05) is 12.3 Å². The molecule has 0 unspecified atom stereocenters. The topological polar surface area (TPSA) is 124 Å². The minimum absolute atomic E-state index is 0.0624. The summed E-state index contributed by atoms with van der Waals surface area (Å²) in [6, 6.07) is 6.17. The third-order valence-corrected chi connectivity index (χ3v) is 7.77. The van der Waals surface area contributed by atoms with Crippen LogP contribution in [0.5, 0.6) is 0 Å². The van der Waals surface area contributed by atoms with E-state index in [0.717, 1.165) is 5.56 Å². The quantitative estimate of drug-likeness (QED) is 0.278. The lowest BCUT2D eigenvalue weighted by Crippen LogP contribution is -2.61. The van der Waals surface area contributed by atoms with Gasteiger partial charge in [0.15, 0.2) is 0 Å². The normalized spacial score (nSPS) is 21.9. The number of hydrogen-bond acceptors (Lipinski definition) is 6. The van der Waals surface area contributed by atoms with Gasteiger partial charge in [-0.25, -0.2) is 17.9 Å². The van der Waals surface area contributed by atoms with Crippen LogP contribution < -0.4 is 4.72 Å². The van der Waals surface area contributed by atoms with E-state index in [1.165, 1.54) is 35.7 Å². The zero-order valence-electron chi connectivity index (χ0n) is 16.4. The highest BCUT2D eigenvalue weighted by atomic mass is 32.2. The Hall–Kier alpha value is -2.14. The molecule has 3 atom stereocenters. The van der Waals surface area contributed by atoms with E-state index in [0.29, 0.717) is 23.5 Å². The van der Waals surface area contributed by atoms with Crippen molar-refractivity contribution in [1.29, 1.82) is 0 Å². The highest BCUT2D eigenvalue weighted by Crippen LogP contribution is 2.46. The molecule has 1 amide bonds. The second kappa shape index (κ2) is 8.93. The molecule has 0 saturated carbocycles. The SMILES string of the molecule is C=CCc1ccc(S(=O)(=O)NCCSC2=C(C(=O)O)N3C(=O)[C@H]([C@@H](C)O)[C@H]3C2)cc1. The molecule has 0 aromatic heterocycles. The number of carboxylic acid groups (broad SMARTS) is 1. The fourth-order valence-corrected chi connectivity index (χ4v) is 5.99. The first-order chi connectivity index (χ1) is 14.2. The number of carboxylic acids is 1. The Morgan fingerprint density at radius 3 is 2.63 bits per heavy atom. The Bertz CT molecular complexity index is 985. The van der Waals surface area contributed by atoms with Crippen LogP contribution in [-0.4, -0.2) is 59.9 Å². The maximum absolute atomic E-state index is 12.4. The molecule has 0 bridgehead atoms. The largest absolute Gasteiger partial charge is 0.477 e. The van der Waals surface area contributed by atoms with Crippen molar-refractivity contribution in [3.8, 4) is 0 Å². The molecule has 2 heterocycles. The fourth-order valence-electron chi connectivity index (χ4n) is 3.76. The van der Waals surface area contributed by atoms with E-state index in [1.54, 1.807) is 18.2 Å². The van der Waals surface area contributed by atoms with Crippen molar-refractivity contribution in [2.45, 2.75) is 36.8 Å². The van der Waals surface area contributed by atoms with Crippen LogP contribution in [0.15, 0.2) is 52.4 Å². The number of fused-ring (bicyclic) bond motifs is 1. The first-order valence-electron chi connectivity index (χ1n) is 9.47. The highest BCUT2D eigenvalue weighted by Gasteiger charge is 2.56. The average molecular weight is 453 g/mol. The molecule has 1 aromatic rings. The van der Waals surface area contributed by atoms with Crippen LogP contribution in [0.1, 0.15) is 18.9 Å². The van der Waals surface area contributed by atoms with E-state index in [9.17, 15) is 28.2 Å². The summed E-state index contributed by atoms with van der Waals surface area (Å²) >= 11 is 1.21. The van der Waals surface area contributed by atoms with Crippen molar-refractivity contribution in [2.24, 2.45) is 5.92 Å². The summed E-state index contributed by atoms with van der Waals surface area (Å²) in [5.74, 6) is -1.87. The molecule has 2 aliphatic heterocycles.